The van der Waals surface area contributed by atoms with E-state index in [0.717, 1.165) is 19.3 Å². The first kappa shape index (κ1) is 20.4. The van der Waals surface area contributed by atoms with Crippen LogP contribution in [0.15, 0.2) is 9.31 Å². The van der Waals surface area contributed by atoms with Crippen molar-refractivity contribution in [1.29, 1.82) is 0 Å². The molecular formula is C17H26N2O6S. The molecule has 1 amide bonds. The highest BCUT2D eigenvalue weighted by atomic mass is 32.2. The van der Waals surface area contributed by atoms with E-state index >= 15 is 0 Å². The molecule has 146 valence electrons. The molecule has 1 aromatic heterocycles. The van der Waals surface area contributed by atoms with E-state index in [1.807, 2.05) is 0 Å². The molecule has 0 bridgehead atoms. The van der Waals surface area contributed by atoms with E-state index in [1.165, 1.54) is 18.2 Å². The minimum absolute atomic E-state index is 0.0389. The number of hydrogen-bond donors (Lipinski definition) is 1. The third-order valence-corrected chi connectivity index (χ3v) is 6.65. The average molecular weight is 386 g/mol. The number of carboxylic acids is 1. The molecule has 0 unspecified atom stereocenters. The second-order valence-corrected chi connectivity index (χ2v) is 8.34. The maximum Gasteiger partial charge on any atom is 0.340 e. The van der Waals surface area contributed by atoms with Crippen molar-refractivity contribution in [3.8, 4) is 0 Å². The summed E-state index contributed by atoms with van der Waals surface area (Å²) in [5.41, 5.74) is -0.319. The lowest BCUT2D eigenvalue weighted by molar-refractivity contribution is -0.132. The van der Waals surface area contributed by atoms with Crippen LogP contribution in [0.3, 0.4) is 0 Å². The number of amides is 1. The zero-order valence-electron chi connectivity index (χ0n) is 15.4. The zero-order valence-corrected chi connectivity index (χ0v) is 16.3. The number of rotatable bonds is 7. The average Bonchev–Trinajstić information content (AvgIpc) is 2.90. The number of carbonyl (C=O) groups excluding carboxylic acids is 1. The number of unbranched alkanes of at least 4 members (excludes halogenated alkanes) is 2. The van der Waals surface area contributed by atoms with E-state index in [9.17, 15) is 23.1 Å². The Morgan fingerprint density at radius 3 is 2.23 bits per heavy atom. The number of carboxylic acid groups (broad SMARTS) is 1. The highest BCUT2D eigenvalue weighted by molar-refractivity contribution is 7.89. The second-order valence-electron chi connectivity index (χ2n) is 6.47. The van der Waals surface area contributed by atoms with Crippen LogP contribution in [0.2, 0.25) is 0 Å². The number of furan rings is 1. The summed E-state index contributed by atoms with van der Waals surface area (Å²) in [6.45, 7) is 5.85. The Morgan fingerprint density at radius 2 is 1.69 bits per heavy atom. The molecule has 9 heteroatoms. The lowest BCUT2D eigenvalue weighted by Gasteiger charge is -2.34. The van der Waals surface area contributed by atoms with Crippen molar-refractivity contribution >= 4 is 21.9 Å². The zero-order chi connectivity index (χ0) is 19.5. The smallest absolute Gasteiger partial charge is 0.340 e. The van der Waals surface area contributed by atoms with E-state index in [4.69, 9.17) is 4.42 Å². The topological polar surface area (TPSA) is 108 Å². The number of carbonyl (C=O) groups is 2. The van der Waals surface area contributed by atoms with E-state index < -0.39 is 16.0 Å². The predicted octanol–water partition coefficient (Wildman–Crippen LogP) is 2.01. The number of nitrogens with zero attached hydrogens (tertiary/aromatic N) is 2. The highest BCUT2D eigenvalue weighted by Crippen LogP contribution is 2.29. The molecule has 1 fully saturated rings. The Kier molecular flexibility index (Phi) is 6.46. The molecular weight excluding hydrogens is 360 g/mol. The van der Waals surface area contributed by atoms with Gasteiger partial charge in [0.25, 0.3) is 0 Å². The monoisotopic (exact) mass is 386 g/mol. The van der Waals surface area contributed by atoms with Gasteiger partial charge in [-0.05, 0) is 20.3 Å². The Balaban J connectivity index is 2.12. The van der Waals surface area contributed by atoms with Crippen molar-refractivity contribution in [2.24, 2.45) is 0 Å². The third-order valence-electron chi connectivity index (χ3n) is 4.60. The van der Waals surface area contributed by atoms with Crippen molar-refractivity contribution in [3.05, 3.63) is 17.1 Å². The number of aryl methyl sites for hydroxylation is 2. The Labute approximate surface area is 153 Å². The van der Waals surface area contributed by atoms with E-state index in [-0.39, 0.29) is 41.0 Å². The van der Waals surface area contributed by atoms with Crippen LogP contribution in [0.5, 0.6) is 0 Å². The van der Waals surface area contributed by atoms with Crippen LogP contribution in [-0.4, -0.2) is 60.8 Å². The van der Waals surface area contributed by atoms with Crippen molar-refractivity contribution in [1.82, 2.24) is 9.21 Å². The lowest BCUT2D eigenvalue weighted by Crippen LogP contribution is -2.50. The van der Waals surface area contributed by atoms with E-state index in [1.54, 1.807) is 4.90 Å². The number of piperazine rings is 1. The maximum atomic E-state index is 12.9. The van der Waals surface area contributed by atoms with Crippen molar-refractivity contribution in [2.75, 3.05) is 26.2 Å². The number of hydrogen-bond acceptors (Lipinski definition) is 5. The first-order chi connectivity index (χ1) is 12.2. The van der Waals surface area contributed by atoms with Gasteiger partial charge in [0.15, 0.2) is 0 Å². The lowest BCUT2D eigenvalue weighted by atomic mass is 10.2. The van der Waals surface area contributed by atoms with Gasteiger partial charge in [-0.15, -0.1) is 0 Å². The molecule has 8 nitrogen and oxygen atoms in total. The van der Waals surface area contributed by atoms with Gasteiger partial charge in [-0.1, -0.05) is 19.8 Å². The van der Waals surface area contributed by atoms with Crippen molar-refractivity contribution in [2.45, 2.75) is 51.3 Å². The van der Waals surface area contributed by atoms with Gasteiger partial charge in [-0.25, -0.2) is 13.2 Å². The summed E-state index contributed by atoms with van der Waals surface area (Å²) in [4.78, 5) is 25.0. The van der Waals surface area contributed by atoms with Crippen LogP contribution < -0.4 is 0 Å². The molecule has 0 saturated carbocycles. The van der Waals surface area contributed by atoms with Gasteiger partial charge in [0.1, 0.15) is 22.0 Å². The quantitative estimate of drug-likeness (QED) is 0.718. The first-order valence-corrected chi connectivity index (χ1v) is 10.2. The van der Waals surface area contributed by atoms with Gasteiger partial charge >= 0.3 is 5.97 Å². The summed E-state index contributed by atoms with van der Waals surface area (Å²) >= 11 is 0. The fourth-order valence-electron chi connectivity index (χ4n) is 3.21. The summed E-state index contributed by atoms with van der Waals surface area (Å²) < 4.78 is 32.3. The molecule has 2 heterocycles. The van der Waals surface area contributed by atoms with Gasteiger partial charge < -0.3 is 14.4 Å². The molecule has 1 aliphatic rings. The summed E-state index contributed by atoms with van der Waals surface area (Å²) in [5, 5.41) is 9.34. The minimum Gasteiger partial charge on any atom is -0.478 e. The van der Waals surface area contributed by atoms with Crippen molar-refractivity contribution < 1.29 is 27.5 Å². The summed E-state index contributed by atoms with van der Waals surface area (Å²) in [5.74, 6) is -1.16. The number of sulfonamides is 1. The molecule has 26 heavy (non-hydrogen) atoms. The van der Waals surface area contributed by atoms with Gasteiger partial charge in [0.05, 0.1) is 0 Å². The van der Waals surface area contributed by atoms with Crippen LogP contribution in [0.1, 0.15) is 54.5 Å². The Hall–Kier alpha value is -1.87. The fourth-order valence-corrected chi connectivity index (χ4v) is 5.01. The van der Waals surface area contributed by atoms with Gasteiger partial charge in [0, 0.05) is 32.6 Å². The molecule has 1 aromatic rings. The van der Waals surface area contributed by atoms with Crippen molar-refractivity contribution in [3.63, 3.8) is 0 Å². The molecule has 2 rings (SSSR count). The highest BCUT2D eigenvalue weighted by Gasteiger charge is 2.37. The predicted molar refractivity (Wildman–Crippen MR) is 94.6 cm³/mol. The van der Waals surface area contributed by atoms with Crippen LogP contribution in [0, 0.1) is 13.8 Å². The van der Waals surface area contributed by atoms with Gasteiger partial charge in [-0.3, -0.25) is 4.79 Å². The SMILES string of the molecule is CCCCCC(=O)N1CCN(S(=O)(=O)c2c(C)oc(C)c2C(=O)O)CC1. The largest absolute Gasteiger partial charge is 0.478 e. The molecule has 1 saturated heterocycles. The molecule has 0 atom stereocenters. The Bertz CT molecular complexity index is 775. The standard InChI is InChI=1S/C17H26N2O6S/c1-4-5-6-7-14(20)18-8-10-19(11-9-18)26(23,24)16-13(3)25-12(2)15(16)17(21)22/h4-11H2,1-3H3,(H,21,22). The van der Waals surface area contributed by atoms with Crippen LogP contribution in [0.25, 0.3) is 0 Å². The first-order valence-electron chi connectivity index (χ1n) is 8.81. The van der Waals surface area contributed by atoms with Crippen LogP contribution >= 0.6 is 0 Å². The third kappa shape index (κ3) is 4.09. The molecule has 0 aromatic carbocycles. The van der Waals surface area contributed by atoms with E-state index in [0.29, 0.717) is 19.5 Å². The molecule has 0 aliphatic carbocycles. The van der Waals surface area contributed by atoms with E-state index in [2.05, 4.69) is 6.92 Å². The molecule has 0 spiro atoms. The van der Waals surface area contributed by atoms with Gasteiger partial charge in [-0.2, -0.15) is 4.31 Å². The maximum absolute atomic E-state index is 12.9. The van der Waals surface area contributed by atoms with Crippen LogP contribution in [0.4, 0.5) is 0 Å². The molecule has 0 radical (unpaired) electrons. The minimum atomic E-state index is -4.00. The van der Waals surface area contributed by atoms with Crippen LogP contribution in [-0.2, 0) is 14.8 Å². The second kappa shape index (κ2) is 8.22. The summed E-state index contributed by atoms with van der Waals surface area (Å²) in [6.07, 6.45) is 3.35. The van der Waals surface area contributed by atoms with Gasteiger partial charge in [0.2, 0.25) is 15.9 Å². The number of aromatic carboxylic acids is 1. The Morgan fingerprint density at radius 1 is 1.08 bits per heavy atom. The summed E-state index contributed by atoms with van der Waals surface area (Å²) in [6, 6.07) is 0. The normalized spacial score (nSPS) is 16.0. The molecule has 1 N–H and O–H groups in total. The molecule has 1 aliphatic heterocycles. The summed E-state index contributed by atoms with van der Waals surface area (Å²) in [7, 11) is -4.00. The fraction of sp³-hybridized carbons (Fsp3) is 0.647.